The lowest BCUT2D eigenvalue weighted by atomic mass is 10.1. The van der Waals surface area contributed by atoms with E-state index in [9.17, 15) is 18.0 Å². The summed E-state index contributed by atoms with van der Waals surface area (Å²) < 4.78 is 36.9. The SMILES string of the molecule is O=C(NCC1CCN(CC(F)(F)F)C1)Nc1cncc(Cl)c1. The van der Waals surface area contributed by atoms with Gasteiger partial charge in [0.2, 0.25) is 0 Å². The van der Waals surface area contributed by atoms with E-state index in [4.69, 9.17) is 11.6 Å². The Bertz CT molecular complexity index is 526. The second kappa shape index (κ2) is 7.15. The number of carbonyl (C=O) groups is 1. The predicted octanol–water partition coefficient (Wildman–Crippen LogP) is 2.74. The molecule has 22 heavy (non-hydrogen) atoms. The zero-order chi connectivity index (χ0) is 16.2. The van der Waals surface area contributed by atoms with Gasteiger partial charge in [0.15, 0.2) is 0 Å². The van der Waals surface area contributed by atoms with Gasteiger partial charge in [-0.1, -0.05) is 11.6 Å². The zero-order valence-electron chi connectivity index (χ0n) is 11.7. The van der Waals surface area contributed by atoms with Crippen LogP contribution in [0.3, 0.4) is 0 Å². The van der Waals surface area contributed by atoms with E-state index in [1.165, 1.54) is 17.3 Å². The molecule has 1 atom stereocenters. The number of amides is 2. The predicted molar refractivity (Wildman–Crippen MR) is 76.9 cm³/mol. The molecule has 1 fully saturated rings. The van der Waals surface area contributed by atoms with Crippen LogP contribution in [-0.4, -0.2) is 48.3 Å². The molecule has 2 rings (SSSR count). The molecule has 1 aliphatic rings. The fraction of sp³-hybridized carbons (Fsp3) is 0.538. The smallest absolute Gasteiger partial charge is 0.338 e. The molecule has 0 aliphatic carbocycles. The van der Waals surface area contributed by atoms with Gasteiger partial charge in [-0.25, -0.2) is 4.79 Å². The van der Waals surface area contributed by atoms with Crippen LogP contribution in [0.25, 0.3) is 0 Å². The summed E-state index contributed by atoms with van der Waals surface area (Å²) >= 11 is 5.75. The second-order valence-electron chi connectivity index (χ2n) is 5.23. The highest BCUT2D eigenvalue weighted by Crippen LogP contribution is 2.22. The van der Waals surface area contributed by atoms with Crippen molar-refractivity contribution in [1.29, 1.82) is 0 Å². The molecular formula is C13H16ClF3N4O. The van der Waals surface area contributed by atoms with Crippen molar-refractivity contribution >= 4 is 23.3 Å². The van der Waals surface area contributed by atoms with E-state index in [-0.39, 0.29) is 5.92 Å². The first kappa shape index (κ1) is 16.8. The second-order valence-corrected chi connectivity index (χ2v) is 5.67. The number of hydrogen-bond acceptors (Lipinski definition) is 3. The van der Waals surface area contributed by atoms with Gasteiger partial charge >= 0.3 is 12.2 Å². The summed E-state index contributed by atoms with van der Waals surface area (Å²) in [6, 6.07) is 1.12. The van der Waals surface area contributed by atoms with E-state index in [2.05, 4.69) is 15.6 Å². The number of nitrogens with zero attached hydrogens (tertiary/aromatic N) is 2. The van der Waals surface area contributed by atoms with E-state index in [0.717, 1.165) is 0 Å². The van der Waals surface area contributed by atoms with Gasteiger partial charge < -0.3 is 10.6 Å². The van der Waals surface area contributed by atoms with E-state index in [0.29, 0.717) is 36.8 Å². The highest BCUT2D eigenvalue weighted by molar-refractivity contribution is 6.30. The van der Waals surface area contributed by atoms with Gasteiger partial charge in [0.05, 0.1) is 23.5 Å². The van der Waals surface area contributed by atoms with Crippen LogP contribution in [-0.2, 0) is 0 Å². The number of rotatable bonds is 4. The lowest BCUT2D eigenvalue weighted by molar-refractivity contribution is -0.143. The maximum Gasteiger partial charge on any atom is 0.401 e. The molecule has 5 nitrogen and oxygen atoms in total. The standard InChI is InChI=1S/C13H16ClF3N4O/c14-10-3-11(6-18-5-10)20-12(22)19-4-9-1-2-21(7-9)8-13(15,16)17/h3,5-6,9H,1-2,4,7-8H2,(H2,19,20,22). The van der Waals surface area contributed by atoms with Crippen molar-refractivity contribution in [2.75, 3.05) is 31.5 Å². The zero-order valence-corrected chi connectivity index (χ0v) is 12.4. The topological polar surface area (TPSA) is 57.3 Å². The van der Waals surface area contributed by atoms with Crippen LogP contribution in [0.4, 0.5) is 23.7 Å². The molecule has 1 saturated heterocycles. The fourth-order valence-electron chi connectivity index (χ4n) is 2.37. The van der Waals surface area contributed by atoms with Gasteiger partial charge in [-0.05, 0) is 24.9 Å². The Kier molecular flexibility index (Phi) is 5.47. The molecule has 2 heterocycles. The van der Waals surface area contributed by atoms with Crippen LogP contribution in [0.15, 0.2) is 18.5 Å². The monoisotopic (exact) mass is 336 g/mol. The lowest BCUT2D eigenvalue weighted by Gasteiger charge is -2.18. The molecule has 2 N–H and O–H groups in total. The third kappa shape index (κ3) is 5.69. The Hall–Kier alpha value is -1.54. The van der Waals surface area contributed by atoms with Crippen molar-refractivity contribution in [2.24, 2.45) is 5.92 Å². The maximum atomic E-state index is 12.3. The minimum absolute atomic E-state index is 0.0191. The first-order chi connectivity index (χ1) is 10.3. The van der Waals surface area contributed by atoms with Gasteiger partial charge in [-0.3, -0.25) is 9.88 Å². The molecule has 0 spiro atoms. The molecule has 2 amide bonds. The number of pyridine rings is 1. The number of aromatic nitrogens is 1. The molecule has 9 heteroatoms. The number of anilines is 1. The van der Waals surface area contributed by atoms with Crippen molar-refractivity contribution < 1.29 is 18.0 Å². The van der Waals surface area contributed by atoms with E-state index >= 15 is 0 Å². The quantitative estimate of drug-likeness (QED) is 0.889. The fourth-order valence-corrected chi connectivity index (χ4v) is 2.54. The highest BCUT2D eigenvalue weighted by atomic mass is 35.5. The molecule has 1 aromatic rings. The molecule has 0 bridgehead atoms. The maximum absolute atomic E-state index is 12.3. The minimum Gasteiger partial charge on any atom is -0.338 e. The van der Waals surface area contributed by atoms with Crippen molar-refractivity contribution in [3.63, 3.8) is 0 Å². The number of urea groups is 1. The van der Waals surface area contributed by atoms with E-state index in [1.54, 1.807) is 6.07 Å². The summed E-state index contributed by atoms with van der Waals surface area (Å²) in [5, 5.41) is 5.61. The third-order valence-corrected chi connectivity index (χ3v) is 3.49. The number of nitrogens with one attached hydrogen (secondary N) is 2. The molecule has 122 valence electrons. The van der Waals surface area contributed by atoms with Crippen molar-refractivity contribution in [1.82, 2.24) is 15.2 Å². The minimum atomic E-state index is -4.18. The van der Waals surface area contributed by atoms with Crippen LogP contribution in [0.1, 0.15) is 6.42 Å². The van der Waals surface area contributed by atoms with Gasteiger partial charge in [0.25, 0.3) is 0 Å². The van der Waals surface area contributed by atoms with Gasteiger partial charge in [-0.15, -0.1) is 0 Å². The number of likely N-dealkylation sites (tertiary alicyclic amines) is 1. The molecule has 1 aliphatic heterocycles. The number of halogens is 4. The van der Waals surface area contributed by atoms with Crippen LogP contribution in [0.5, 0.6) is 0 Å². The number of hydrogen-bond donors (Lipinski definition) is 2. The molecule has 1 unspecified atom stereocenters. The summed E-state index contributed by atoms with van der Waals surface area (Å²) in [6.45, 7) is 0.155. The number of alkyl halides is 3. The molecular weight excluding hydrogens is 321 g/mol. The molecule has 0 aromatic carbocycles. The Balaban J connectivity index is 1.71. The first-order valence-electron chi connectivity index (χ1n) is 6.76. The summed E-state index contributed by atoms with van der Waals surface area (Å²) in [5.74, 6) is 0.0191. The van der Waals surface area contributed by atoms with Crippen molar-refractivity contribution in [3.05, 3.63) is 23.5 Å². The summed E-state index contributed by atoms with van der Waals surface area (Å²) in [7, 11) is 0. The third-order valence-electron chi connectivity index (χ3n) is 3.29. The highest BCUT2D eigenvalue weighted by Gasteiger charge is 2.34. The van der Waals surface area contributed by atoms with Crippen LogP contribution in [0, 0.1) is 5.92 Å². The van der Waals surface area contributed by atoms with E-state index in [1.807, 2.05) is 0 Å². The van der Waals surface area contributed by atoms with E-state index < -0.39 is 18.8 Å². The first-order valence-corrected chi connectivity index (χ1v) is 7.14. The van der Waals surface area contributed by atoms with Gasteiger partial charge in [-0.2, -0.15) is 13.2 Å². The summed E-state index contributed by atoms with van der Waals surface area (Å²) in [4.78, 5) is 16.9. The van der Waals surface area contributed by atoms with Crippen molar-refractivity contribution in [2.45, 2.75) is 12.6 Å². The molecule has 1 aromatic heterocycles. The van der Waals surface area contributed by atoms with Crippen LogP contribution < -0.4 is 10.6 Å². The Morgan fingerprint density at radius 3 is 2.91 bits per heavy atom. The molecule has 0 radical (unpaired) electrons. The van der Waals surface area contributed by atoms with Gasteiger partial charge in [0, 0.05) is 19.3 Å². The van der Waals surface area contributed by atoms with Crippen LogP contribution >= 0.6 is 11.6 Å². The average molecular weight is 337 g/mol. The Labute approximate surface area is 130 Å². The summed E-state index contributed by atoms with van der Waals surface area (Å²) in [5.41, 5.74) is 0.454. The Morgan fingerprint density at radius 1 is 1.45 bits per heavy atom. The van der Waals surface area contributed by atoms with Gasteiger partial charge in [0.1, 0.15) is 0 Å². The number of carbonyl (C=O) groups excluding carboxylic acids is 1. The normalized spacial score (nSPS) is 19.2. The van der Waals surface area contributed by atoms with Crippen LogP contribution in [0.2, 0.25) is 5.02 Å². The molecule has 0 saturated carbocycles. The van der Waals surface area contributed by atoms with Crippen molar-refractivity contribution in [3.8, 4) is 0 Å². The largest absolute Gasteiger partial charge is 0.401 e. The summed E-state index contributed by atoms with van der Waals surface area (Å²) in [6.07, 6.45) is -0.654. The Morgan fingerprint density at radius 2 is 2.23 bits per heavy atom. The lowest BCUT2D eigenvalue weighted by Crippen LogP contribution is -2.36. The average Bonchev–Trinajstić information content (AvgIpc) is 2.82.